The molecule has 19 heavy (non-hydrogen) atoms. The summed E-state index contributed by atoms with van der Waals surface area (Å²) in [5.41, 5.74) is 1.31. The Labute approximate surface area is 117 Å². The fraction of sp³-hybridized carbons (Fsp3) is 0.867. The van der Waals surface area contributed by atoms with Gasteiger partial charge in [0.15, 0.2) is 0 Å². The van der Waals surface area contributed by atoms with Crippen LogP contribution in [0, 0.1) is 17.8 Å². The summed E-state index contributed by atoms with van der Waals surface area (Å²) in [4.78, 5) is 0. The van der Waals surface area contributed by atoms with Crippen LogP contribution < -0.4 is 5.32 Å². The van der Waals surface area contributed by atoms with E-state index < -0.39 is 0 Å². The van der Waals surface area contributed by atoms with E-state index >= 15 is 0 Å². The second kappa shape index (κ2) is 6.51. The first-order chi connectivity index (χ1) is 9.08. The average molecular weight is 264 g/mol. The van der Waals surface area contributed by atoms with E-state index in [1.54, 1.807) is 0 Å². The van der Waals surface area contributed by atoms with Crippen LogP contribution in [0.4, 0.5) is 0 Å². The van der Waals surface area contributed by atoms with Crippen molar-refractivity contribution in [2.45, 2.75) is 46.0 Å². The molecule has 4 heteroatoms. The van der Waals surface area contributed by atoms with E-state index in [1.807, 2.05) is 17.9 Å². The first kappa shape index (κ1) is 14.5. The largest absolute Gasteiger partial charge is 0.316 e. The van der Waals surface area contributed by atoms with Crippen molar-refractivity contribution in [3.8, 4) is 0 Å². The van der Waals surface area contributed by atoms with Crippen LogP contribution >= 0.6 is 0 Å². The third-order valence-electron chi connectivity index (χ3n) is 4.34. The molecule has 0 bridgehead atoms. The highest BCUT2D eigenvalue weighted by Crippen LogP contribution is 2.39. The summed E-state index contributed by atoms with van der Waals surface area (Å²) in [5, 5.41) is 11.8. The van der Waals surface area contributed by atoms with Crippen LogP contribution in [0.25, 0.3) is 0 Å². The van der Waals surface area contributed by atoms with E-state index in [4.69, 9.17) is 0 Å². The van der Waals surface area contributed by atoms with Crippen molar-refractivity contribution in [2.24, 2.45) is 24.8 Å². The van der Waals surface area contributed by atoms with Crippen molar-refractivity contribution in [3.05, 3.63) is 11.9 Å². The molecule has 1 aliphatic carbocycles. The number of nitrogens with zero attached hydrogens (tertiary/aromatic N) is 3. The highest BCUT2D eigenvalue weighted by atomic mass is 15.4. The maximum absolute atomic E-state index is 4.11. The van der Waals surface area contributed by atoms with Gasteiger partial charge in [-0.1, -0.05) is 32.4 Å². The maximum atomic E-state index is 4.11. The van der Waals surface area contributed by atoms with Gasteiger partial charge in [-0.15, -0.1) is 5.10 Å². The number of nitrogens with one attached hydrogen (secondary N) is 1. The molecule has 4 nitrogen and oxygen atoms in total. The Bertz CT molecular complexity index is 385. The van der Waals surface area contributed by atoms with Crippen LogP contribution in [-0.2, 0) is 7.05 Å². The van der Waals surface area contributed by atoms with E-state index in [2.05, 4.69) is 36.4 Å². The zero-order valence-corrected chi connectivity index (χ0v) is 12.8. The summed E-state index contributed by atoms with van der Waals surface area (Å²) in [5.74, 6) is 2.89. The molecule has 1 N–H and O–H groups in total. The van der Waals surface area contributed by atoms with Gasteiger partial charge < -0.3 is 5.32 Å². The summed E-state index contributed by atoms with van der Waals surface area (Å²) in [6.45, 7) is 9.13. The first-order valence-electron chi connectivity index (χ1n) is 7.63. The van der Waals surface area contributed by atoms with Gasteiger partial charge >= 0.3 is 0 Å². The van der Waals surface area contributed by atoms with Gasteiger partial charge in [-0.3, -0.25) is 4.68 Å². The molecule has 0 saturated heterocycles. The minimum atomic E-state index is 0.614. The molecule has 1 aromatic rings. The lowest BCUT2D eigenvalue weighted by Crippen LogP contribution is -2.33. The molecule has 1 aromatic heterocycles. The minimum Gasteiger partial charge on any atom is -0.316 e. The predicted octanol–water partition coefficient (Wildman–Crippen LogP) is 2.58. The van der Waals surface area contributed by atoms with Crippen molar-refractivity contribution in [3.63, 3.8) is 0 Å². The van der Waals surface area contributed by atoms with Crippen molar-refractivity contribution in [1.29, 1.82) is 0 Å². The van der Waals surface area contributed by atoms with Gasteiger partial charge in [-0.05, 0) is 43.7 Å². The maximum Gasteiger partial charge on any atom is 0.0728 e. The van der Waals surface area contributed by atoms with E-state index in [0.717, 1.165) is 30.8 Å². The molecule has 0 amide bonds. The molecular weight excluding hydrogens is 236 g/mol. The molecule has 108 valence electrons. The van der Waals surface area contributed by atoms with Gasteiger partial charge in [-0.25, -0.2) is 0 Å². The minimum absolute atomic E-state index is 0.614. The fourth-order valence-corrected chi connectivity index (χ4v) is 3.24. The number of aryl methyl sites for hydroxylation is 1. The van der Waals surface area contributed by atoms with Crippen LogP contribution in [0.1, 0.15) is 51.6 Å². The monoisotopic (exact) mass is 264 g/mol. The summed E-state index contributed by atoms with van der Waals surface area (Å²) in [7, 11) is 2.01. The third-order valence-corrected chi connectivity index (χ3v) is 4.34. The van der Waals surface area contributed by atoms with E-state index in [0.29, 0.717) is 5.92 Å². The van der Waals surface area contributed by atoms with Crippen LogP contribution in [0.2, 0.25) is 0 Å². The van der Waals surface area contributed by atoms with Crippen LogP contribution in [0.3, 0.4) is 0 Å². The summed E-state index contributed by atoms with van der Waals surface area (Å²) >= 11 is 0. The molecule has 0 radical (unpaired) electrons. The van der Waals surface area contributed by atoms with Crippen LogP contribution in [0.15, 0.2) is 6.20 Å². The molecule has 2 rings (SSSR count). The Balaban J connectivity index is 2.01. The standard InChI is InChI=1S/C15H28N4/c1-11(2)8-16-9-13-6-5-12(3)7-14(13)15-10-17-18-19(15)4/h10-14,16H,5-9H2,1-4H3. The highest BCUT2D eigenvalue weighted by molar-refractivity contribution is 5.07. The first-order valence-corrected chi connectivity index (χ1v) is 7.63. The Hall–Kier alpha value is -0.900. The van der Waals surface area contributed by atoms with Crippen molar-refractivity contribution in [1.82, 2.24) is 20.3 Å². The molecule has 0 spiro atoms. The quantitative estimate of drug-likeness (QED) is 0.889. The van der Waals surface area contributed by atoms with E-state index in [-0.39, 0.29) is 0 Å². The zero-order chi connectivity index (χ0) is 13.8. The zero-order valence-electron chi connectivity index (χ0n) is 12.8. The lowest BCUT2D eigenvalue weighted by Gasteiger charge is -2.35. The van der Waals surface area contributed by atoms with Gasteiger partial charge in [-0.2, -0.15) is 0 Å². The molecule has 1 saturated carbocycles. The topological polar surface area (TPSA) is 42.7 Å². The van der Waals surface area contributed by atoms with Crippen LogP contribution in [0.5, 0.6) is 0 Å². The summed E-state index contributed by atoms with van der Waals surface area (Å²) < 4.78 is 1.96. The lowest BCUT2D eigenvalue weighted by atomic mass is 9.73. The molecule has 3 unspecified atom stereocenters. The van der Waals surface area contributed by atoms with Crippen molar-refractivity contribution in [2.75, 3.05) is 13.1 Å². The predicted molar refractivity (Wildman–Crippen MR) is 78.0 cm³/mol. The molecule has 3 atom stereocenters. The smallest absolute Gasteiger partial charge is 0.0728 e. The van der Waals surface area contributed by atoms with Gasteiger partial charge in [0.2, 0.25) is 0 Å². The Kier molecular flexibility index (Phi) is 4.97. The Morgan fingerprint density at radius 2 is 2.21 bits per heavy atom. The third kappa shape index (κ3) is 3.78. The Morgan fingerprint density at radius 1 is 1.42 bits per heavy atom. The SMILES string of the molecule is CC(C)CNCC1CCC(C)CC1c1cnnn1C. The highest BCUT2D eigenvalue weighted by Gasteiger charge is 2.31. The van der Waals surface area contributed by atoms with Gasteiger partial charge in [0.25, 0.3) is 0 Å². The fourth-order valence-electron chi connectivity index (χ4n) is 3.24. The molecule has 1 heterocycles. The molecule has 0 aromatic carbocycles. The second-order valence-electron chi connectivity index (χ2n) is 6.62. The second-order valence-corrected chi connectivity index (χ2v) is 6.62. The molecule has 1 aliphatic rings. The molecular formula is C15H28N4. The van der Waals surface area contributed by atoms with Crippen molar-refractivity contribution >= 4 is 0 Å². The molecule has 1 fully saturated rings. The molecule has 0 aliphatic heterocycles. The summed E-state index contributed by atoms with van der Waals surface area (Å²) in [6, 6.07) is 0. The average Bonchev–Trinajstić information content (AvgIpc) is 2.77. The summed E-state index contributed by atoms with van der Waals surface area (Å²) in [6.07, 6.45) is 5.91. The van der Waals surface area contributed by atoms with Gasteiger partial charge in [0, 0.05) is 13.0 Å². The number of rotatable bonds is 5. The number of hydrogen-bond acceptors (Lipinski definition) is 3. The van der Waals surface area contributed by atoms with Gasteiger partial charge in [0.1, 0.15) is 0 Å². The van der Waals surface area contributed by atoms with Crippen LogP contribution in [-0.4, -0.2) is 28.1 Å². The lowest BCUT2D eigenvalue weighted by molar-refractivity contribution is 0.232. The number of hydrogen-bond donors (Lipinski definition) is 1. The normalized spacial score (nSPS) is 27.9. The number of aromatic nitrogens is 3. The van der Waals surface area contributed by atoms with E-state index in [1.165, 1.54) is 25.0 Å². The van der Waals surface area contributed by atoms with Crippen molar-refractivity contribution < 1.29 is 0 Å². The van der Waals surface area contributed by atoms with E-state index in [9.17, 15) is 0 Å². The Morgan fingerprint density at radius 3 is 2.84 bits per heavy atom. The van der Waals surface area contributed by atoms with Gasteiger partial charge in [0.05, 0.1) is 11.9 Å².